The van der Waals surface area contributed by atoms with Gasteiger partial charge in [-0.25, -0.2) is 13.6 Å². The Morgan fingerprint density at radius 2 is 1.86 bits per heavy atom. The molecule has 21 heavy (non-hydrogen) atoms. The van der Waals surface area contributed by atoms with Gasteiger partial charge in [0.1, 0.15) is 4.90 Å². The summed E-state index contributed by atoms with van der Waals surface area (Å²) in [6.45, 7) is 8.45. The lowest BCUT2D eigenvalue weighted by atomic mass is 9.79. The van der Waals surface area contributed by atoms with Gasteiger partial charge in [0.2, 0.25) is 10.0 Å². The van der Waals surface area contributed by atoms with Crippen LogP contribution in [-0.2, 0) is 22.9 Å². The molecular weight excluding hydrogens is 286 g/mol. The van der Waals surface area contributed by atoms with Gasteiger partial charge >= 0.3 is 0 Å². The molecule has 0 aliphatic heterocycles. The topological polar surface area (TPSA) is 78.0 Å². The van der Waals surface area contributed by atoms with Crippen molar-refractivity contribution < 1.29 is 8.42 Å². The summed E-state index contributed by atoms with van der Waals surface area (Å²) in [7, 11) is -3.71. The van der Waals surface area contributed by atoms with Crippen LogP contribution in [0.2, 0.25) is 0 Å². The molecule has 5 nitrogen and oxygen atoms in total. The Balaban J connectivity index is 2.48. The average molecular weight is 313 g/mol. The summed E-state index contributed by atoms with van der Waals surface area (Å²) < 4.78 is 25.8. The number of hydrogen-bond acceptors (Lipinski definition) is 3. The van der Waals surface area contributed by atoms with Crippen molar-refractivity contribution in [2.75, 3.05) is 0 Å². The molecule has 2 rings (SSSR count). The quantitative estimate of drug-likeness (QED) is 0.928. The standard InChI is InChI=1S/C15H27N3O2S/c1-5-13-15(21(16,19)20)14(6-2)18(17-13)12-8-7-10(3)11(4)9-12/h10-12H,5-9H2,1-4H3,(H2,16,19,20). The second-order valence-corrected chi connectivity index (χ2v) is 7.84. The number of hydrogen-bond donors (Lipinski definition) is 1. The fourth-order valence-electron chi connectivity index (χ4n) is 3.43. The number of nitrogens with zero attached hydrogens (tertiary/aromatic N) is 2. The zero-order chi connectivity index (χ0) is 15.8. The van der Waals surface area contributed by atoms with Gasteiger partial charge in [-0.05, 0) is 43.9 Å². The van der Waals surface area contributed by atoms with Crippen molar-refractivity contribution in [1.29, 1.82) is 0 Å². The van der Waals surface area contributed by atoms with E-state index in [4.69, 9.17) is 5.14 Å². The van der Waals surface area contributed by atoms with E-state index in [1.807, 2.05) is 18.5 Å². The molecule has 1 aromatic rings. The molecule has 0 amide bonds. The fraction of sp³-hybridized carbons (Fsp3) is 0.800. The Morgan fingerprint density at radius 3 is 2.33 bits per heavy atom. The molecule has 0 spiro atoms. The average Bonchev–Trinajstić information content (AvgIpc) is 2.80. The molecule has 2 N–H and O–H groups in total. The van der Waals surface area contributed by atoms with Crippen molar-refractivity contribution in [3.63, 3.8) is 0 Å². The first kappa shape index (κ1) is 16.5. The molecule has 3 atom stereocenters. The SMILES string of the molecule is CCc1nn(C2CCC(C)C(C)C2)c(CC)c1S(N)(=O)=O. The monoisotopic (exact) mass is 313 g/mol. The first-order valence-corrected chi connectivity index (χ1v) is 9.47. The van der Waals surface area contributed by atoms with Crippen LogP contribution in [0.25, 0.3) is 0 Å². The number of primary sulfonamides is 1. The van der Waals surface area contributed by atoms with Crippen molar-refractivity contribution in [3.05, 3.63) is 11.4 Å². The third kappa shape index (κ3) is 3.16. The molecule has 1 fully saturated rings. The highest BCUT2D eigenvalue weighted by Gasteiger charge is 2.31. The van der Waals surface area contributed by atoms with E-state index in [-0.39, 0.29) is 4.90 Å². The van der Waals surface area contributed by atoms with Gasteiger partial charge in [-0.2, -0.15) is 5.10 Å². The molecule has 0 bridgehead atoms. The molecular formula is C15H27N3O2S. The maximum Gasteiger partial charge on any atom is 0.241 e. The minimum absolute atomic E-state index is 0.263. The summed E-state index contributed by atoms with van der Waals surface area (Å²) in [6.07, 6.45) is 4.51. The van der Waals surface area contributed by atoms with Crippen LogP contribution in [0.15, 0.2) is 4.90 Å². The first-order chi connectivity index (χ1) is 9.79. The van der Waals surface area contributed by atoms with Crippen molar-refractivity contribution in [2.45, 2.75) is 70.7 Å². The van der Waals surface area contributed by atoms with E-state index in [1.165, 1.54) is 6.42 Å². The third-order valence-electron chi connectivity index (χ3n) is 4.90. The number of sulfonamides is 1. The van der Waals surface area contributed by atoms with E-state index < -0.39 is 10.0 Å². The summed E-state index contributed by atoms with van der Waals surface area (Å²) >= 11 is 0. The van der Waals surface area contributed by atoms with Crippen LogP contribution in [0.5, 0.6) is 0 Å². The zero-order valence-corrected chi connectivity index (χ0v) is 14.3. The number of rotatable bonds is 4. The van der Waals surface area contributed by atoms with Crippen LogP contribution in [0, 0.1) is 11.8 Å². The van der Waals surface area contributed by atoms with Gasteiger partial charge in [-0.1, -0.05) is 27.7 Å². The van der Waals surface area contributed by atoms with Crippen molar-refractivity contribution in [2.24, 2.45) is 17.0 Å². The highest BCUT2D eigenvalue weighted by Crippen LogP contribution is 2.37. The smallest absolute Gasteiger partial charge is 0.241 e. The number of aromatic nitrogens is 2. The Bertz CT molecular complexity index is 607. The maximum absolute atomic E-state index is 11.9. The van der Waals surface area contributed by atoms with Crippen molar-refractivity contribution in [1.82, 2.24) is 9.78 Å². The minimum Gasteiger partial charge on any atom is -0.265 e. The minimum atomic E-state index is -3.71. The van der Waals surface area contributed by atoms with E-state index in [2.05, 4.69) is 18.9 Å². The first-order valence-electron chi connectivity index (χ1n) is 7.92. The summed E-state index contributed by atoms with van der Waals surface area (Å²) in [5, 5.41) is 10.0. The normalized spacial score (nSPS) is 27.0. The van der Waals surface area contributed by atoms with Crippen LogP contribution >= 0.6 is 0 Å². The van der Waals surface area contributed by atoms with Gasteiger partial charge in [-0.3, -0.25) is 4.68 Å². The second-order valence-electron chi connectivity index (χ2n) is 6.34. The highest BCUT2D eigenvalue weighted by atomic mass is 32.2. The summed E-state index contributed by atoms with van der Waals surface area (Å²) in [6, 6.07) is 0.298. The molecule has 0 aromatic carbocycles. The van der Waals surface area contributed by atoms with Crippen LogP contribution in [0.1, 0.15) is 64.4 Å². The molecule has 0 radical (unpaired) electrons. The number of aryl methyl sites for hydroxylation is 1. The molecule has 1 heterocycles. The summed E-state index contributed by atoms with van der Waals surface area (Å²) in [4.78, 5) is 0.263. The van der Waals surface area contributed by atoms with Gasteiger partial charge < -0.3 is 0 Å². The zero-order valence-electron chi connectivity index (χ0n) is 13.5. The van der Waals surface area contributed by atoms with E-state index in [1.54, 1.807) is 0 Å². The predicted molar refractivity (Wildman–Crippen MR) is 83.6 cm³/mol. The van der Waals surface area contributed by atoms with E-state index >= 15 is 0 Å². The van der Waals surface area contributed by atoms with Gasteiger partial charge in [0.05, 0.1) is 17.4 Å². The molecule has 0 saturated heterocycles. The van der Waals surface area contributed by atoms with Gasteiger partial charge in [0.15, 0.2) is 0 Å². The van der Waals surface area contributed by atoms with Crippen molar-refractivity contribution in [3.8, 4) is 0 Å². The maximum atomic E-state index is 11.9. The molecule has 1 aliphatic carbocycles. The lowest BCUT2D eigenvalue weighted by Gasteiger charge is -2.33. The molecule has 1 saturated carbocycles. The Morgan fingerprint density at radius 1 is 1.19 bits per heavy atom. The molecule has 1 aromatic heterocycles. The van der Waals surface area contributed by atoms with E-state index in [9.17, 15) is 8.42 Å². The lowest BCUT2D eigenvalue weighted by molar-refractivity contribution is 0.197. The molecule has 6 heteroatoms. The van der Waals surface area contributed by atoms with Crippen LogP contribution in [0.3, 0.4) is 0 Å². The Hall–Kier alpha value is -0.880. The van der Waals surface area contributed by atoms with Crippen LogP contribution in [0.4, 0.5) is 0 Å². The van der Waals surface area contributed by atoms with E-state index in [0.717, 1.165) is 24.5 Å². The predicted octanol–water partition coefficient (Wildman–Crippen LogP) is 2.65. The lowest BCUT2D eigenvalue weighted by Crippen LogP contribution is -2.25. The van der Waals surface area contributed by atoms with Gasteiger partial charge in [0, 0.05) is 0 Å². The molecule has 120 valence electrons. The summed E-state index contributed by atoms with van der Waals surface area (Å²) in [5.74, 6) is 1.37. The van der Waals surface area contributed by atoms with E-state index in [0.29, 0.717) is 30.5 Å². The van der Waals surface area contributed by atoms with Crippen LogP contribution in [-0.4, -0.2) is 18.2 Å². The summed E-state index contributed by atoms with van der Waals surface area (Å²) in [5.41, 5.74) is 1.39. The Labute approximate surface area is 128 Å². The highest BCUT2D eigenvalue weighted by molar-refractivity contribution is 7.89. The Kier molecular flexibility index (Phi) is 4.78. The molecule has 1 aliphatic rings. The molecule has 3 unspecified atom stereocenters. The third-order valence-corrected chi connectivity index (χ3v) is 5.94. The van der Waals surface area contributed by atoms with Crippen molar-refractivity contribution >= 4 is 10.0 Å². The fourth-order valence-corrected chi connectivity index (χ4v) is 4.51. The van der Waals surface area contributed by atoms with Crippen LogP contribution < -0.4 is 5.14 Å². The number of nitrogens with two attached hydrogens (primary N) is 1. The van der Waals surface area contributed by atoms with Gasteiger partial charge in [0.25, 0.3) is 0 Å². The largest absolute Gasteiger partial charge is 0.265 e. The second kappa shape index (κ2) is 6.08. The van der Waals surface area contributed by atoms with Gasteiger partial charge in [-0.15, -0.1) is 0 Å².